The Morgan fingerprint density at radius 1 is 0.520 bits per heavy atom. The van der Waals surface area contributed by atoms with E-state index >= 15 is 0 Å². The molecule has 1 aliphatic heterocycles. The molecule has 0 unspecified atom stereocenters. The van der Waals surface area contributed by atoms with E-state index in [0.717, 1.165) is 21.5 Å². The van der Waals surface area contributed by atoms with Gasteiger partial charge in [0.05, 0.1) is 16.8 Å². The fraction of sp³-hybridized carbons (Fsp3) is 0. The second-order valence-electron chi connectivity index (χ2n) is 6.23. The summed E-state index contributed by atoms with van der Waals surface area (Å²) < 4.78 is 0. The van der Waals surface area contributed by atoms with Gasteiger partial charge in [0.2, 0.25) is 0 Å². The van der Waals surface area contributed by atoms with E-state index < -0.39 is 0 Å². The van der Waals surface area contributed by atoms with Gasteiger partial charge in [0.1, 0.15) is 0 Å². The number of carbonyl (C=O) groups is 2. The van der Waals surface area contributed by atoms with Crippen LogP contribution in [0.5, 0.6) is 0 Å². The maximum Gasteiger partial charge on any atom is 0.266 e. The van der Waals surface area contributed by atoms with Crippen molar-refractivity contribution in [3.8, 4) is 0 Å². The number of amides is 2. The van der Waals surface area contributed by atoms with Crippen LogP contribution in [0.2, 0.25) is 0 Å². The Morgan fingerprint density at radius 3 is 1.52 bits per heavy atom. The van der Waals surface area contributed by atoms with E-state index in [4.69, 9.17) is 0 Å². The van der Waals surface area contributed by atoms with Crippen LogP contribution in [0.25, 0.3) is 21.5 Å². The van der Waals surface area contributed by atoms with Crippen molar-refractivity contribution in [1.82, 2.24) is 0 Å². The van der Waals surface area contributed by atoms with Gasteiger partial charge in [0.25, 0.3) is 11.8 Å². The van der Waals surface area contributed by atoms with Crippen LogP contribution in [0.1, 0.15) is 20.7 Å². The first-order chi connectivity index (χ1) is 12.2. The van der Waals surface area contributed by atoms with Gasteiger partial charge in [0.15, 0.2) is 0 Å². The first kappa shape index (κ1) is 13.9. The zero-order valence-corrected chi connectivity index (χ0v) is 13.3. The molecule has 0 saturated carbocycles. The van der Waals surface area contributed by atoms with Crippen LogP contribution < -0.4 is 4.90 Å². The highest BCUT2D eigenvalue weighted by molar-refractivity contribution is 6.35. The van der Waals surface area contributed by atoms with E-state index in [0.29, 0.717) is 16.8 Å². The van der Waals surface area contributed by atoms with Gasteiger partial charge < -0.3 is 0 Å². The van der Waals surface area contributed by atoms with Crippen LogP contribution in [0.4, 0.5) is 5.69 Å². The summed E-state index contributed by atoms with van der Waals surface area (Å²) in [7, 11) is 0. The molecule has 2 amide bonds. The molecule has 0 bridgehead atoms. The highest BCUT2D eigenvalue weighted by Gasteiger charge is 2.36. The van der Waals surface area contributed by atoms with Gasteiger partial charge in [-0.15, -0.1) is 0 Å². The first-order valence-electron chi connectivity index (χ1n) is 8.13. The van der Waals surface area contributed by atoms with Crippen LogP contribution in [-0.4, -0.2) is 11.8 Å². The van der Waals surface area contributed by atoms with E-state index in [1.54, 1.807) is 12.1 Å². The molecule has 0 aliphatic carbocycles. The van der Waals surface area contributed by atoms with E-state index in [9.17, 15) is 9.59 Å². The van der Waals surface area contributed by atoms with Crippen LogP contribution in [0, 0.1) is 0 Å². The predicted octanol–water partition coefficient (Wildman–Crippen LogP) is 4.79. The second kappa shape index (κ2) is 5.02. The molecule has 118 valence electrons. The third-order valence-electron chi connectivity index (χ3n) is 4.72. The molecular formula is C22H13NO2. The predicted molar refractivity (Wildman–Crippen MR) is 99.0 cm³/mol. The average Bonchev–Trinajstić information content (AvgIpc) is 2.89. The van der Waals surface area contributed by atoms with Crippen LogP contribution in [0.15, 0.2) is 78.9 Å². The summed E-state index contributed by atoms with van der Waals surface area (Å²) >= 11 is 0. The highest BCUT2D eigenvalue weighted by Crippen LogP contribution is 2.33. The van der Waals surface area contributed by atoms with Gasteiger partial charge in [-0.25, -0.2) is 4.90 Å². The fourth-order valence-electron chi connectivity index (χ4n) is 3.49. The molecule has 0 spiro atoms. The molecule has 0 atom stereocenters. The second-order valence-corrected chi connectivity index (χ2v) is 6.23. The average molecular weight is 323 g/mol. The Kier molecular flexibility index (Phi) is 2.80. The number of imide groups is 1. The molecule has 0 aromatic heterocycles. The molecule has 3 nitrogen and oxygen atoms in total. The Balaban J connectivity index is 1.74. The Bertz CT molecular complexity index is 1100. The molecule has 0 saturated heterocycles. The molecule has 25 heavy (non-hydrogen) atoms. The van der Waals surface area contributed by atoms with Gasteiger partial charge >= 0.3 is 0 Å². The molecule has 4 aromatic rings. The van der Waals surface area contributed by atoms with Gasteiger partial charge in [-0.2, -0.15) is 0 Å². The van der Waals surface area contributed by atoms with Crippen LogP contribution in [0.3, 0.4) is 0 Å². The summed E-state index contributed by atoms with van der Waals surface area (Å²) in [4.78, 5) is 26.9. The van der Waals surface area contributed by atoms with E-state index in [2.05, 4.69) is 12.1 Å². The summed E-state index contributed by atoms with van der Waals surface area (Å²) in [5.41, 5.74) is 1.54. The topological polar surface area (TPSA) is 37.4 Å². The van der Waals surface area contributed by atoms with Crippen LogP contribution in [-0.2, 0) is 0 Å². The van der Waals surface area contributed by atoms with Crippen molar-refractivity contribution in [3.05, 3.63) is 90.0 Å². The molecule has 0 fully saturated rings. The highest BCUT2D eigenvalue weighted by atomic mass is 16.2. The minimum Gasteiger partial charge on any atom is -0.268 e. The fourth-order valence-corrected chi connectivity index (χ4v) is 3.49. The largest absolute Gasteiger partial charge is 0.268 e. The van der Waals surface area contributed by atoms with E-state index in [1.807, 2.05) is 54.6 Å². The van der Waals surface area contributed by atoms with Gasteiger partial charge in [-0.1, -0.05) is 42.5 Å². The number of carbonyl (C=O) groups excluding carboxylic acids is 2. The molecule has 0 N–H and O–H groups in total. The maximum absolute atomic E-state index is 12.8. The lowest BCUT2D eigenvalue weighted by atomic mass is 9.99. The lowest BCUT2D eigenvalue weighted by molar-refractivity contribution is 0.0926. The van der Waals surface area contributed by atoms with Crippen molar-refractivity contribution < 1.29 is 9.59 Å². The third kappa shape index (κ3) is 1.99. The quantitative estimate of drug-likeness (QED) is 0.373. The van der Waals surface area contributed by atoms with Crippen molar-refractivity contribution >= 4 is 39.0 Å². The molecule has 5 rings (SSSR count). The van der Waals surface area contributed by atoms with Crippen molar-refractivity contribution in [2.75, 3.05) is 4.90 Å². The zero-order valence-electron chi connectivity index (χ0n) is 13.3. The number of hydrogen-bond donors (Lipinski definition) is 0. The summed E-state index contributed by atoms with van der Waals surface area (Å²) in [6.45, 7) is 0. The van der Waals surface area contributed by atoms with E-state index in [1.165, 1.54) is 4.90 Å². The van der Waals surface area contributed by atoms with Gasteiger partial charge in [-0.05, 0) is 57.9 Å². The Morgan fingerprint density at radius 2 is 1.00 bits per heavy atom. The van der Waals surface area contributed by atoms with Crippen molar-refractivity contribution in [3.63, 3.8) is 0 Å². The summed E-state index contributed by atoms with van der Waals surface area (Å²) in [6, 6.07) is 24.9. The number of benzene rings is 4. The van der Waals surface area contributed by atoms with Crippen molar-refractivity contribution in [2.24, 2.45) is 0 Å². The van der Waals surface area contributed by atoms with Crippen LogP contribution >= 0.6 is 0 Å². The van der Waals surface area contributed by atoms with Gasteiger partial charge in [0, 0.05) is 0 Å². The Hall–Kier alpha value is -3.46. The molecule has 0 radical (unpaired) electrons. The smallest absolute Gasteiger partial charge is 0.266 e. The number of hydrogen-bond acceptors (Lipinski definition) is 2. The summed E-state index contributed by atoms with van der Waals surface area (Å²) in [5.74, 6) is -0.525. The van der Waals surface area contributed by atoms with Gasteiger partial charge in [-0.3, -0.25) is 9.59 Å². The SMILES string of the molecule is O=C1c2cc3cc4ccccc4cc3cc2C(=O)N1c1ccccc1. The zero-order chi connectivity index (χ0) is 17.0. The lowest BCUT2D eigenvalue weighted by Gasteiger charge is -2.13. The first-order valence-corrected chi connectivity index (χ1v) is 8.13. The molecule has 4 aromatic carbocycles. The Labute approximate surface area is 144 Å². The number of para-hydroxylation sites is 1. The lowest BCUT2D eigenvalue weighted by Crippen LogP contribution is -2.29. The molecule has 1 heterocycles. The normalized spacial score (nSPS) is 13.7. The summed E-state index contributed by atoms with van der Waals surface area (Å²) in [5, 5.41) is 4.17. The molecule has 1 aliphatic rings. The number of anilines is 1. The van der Waals surface area contributed by atoms with Crippen molar-refractivity contribution in [1.29, 1.82) is 0 Å². The summed E-state index contributed by atoms with van der Waals surface area (Å²) in [6.07, 6.45) is 0. The number of rotatable bonds is 1. The van der Waals surface area contributed by atoms with E-state index in [-0.39, 0.29) is 11.8 Å². The standard InChI is InChI=1S/C22H13NO2/c24-21-19-12-16-10-14-6-4-5-7-15(14)11-17(16)13-20(19)22(25)23(21)18-8-2-1-3-9-18/h1-13H. The molecular weight excluding hydrogens is 310 g/mol. The van der Waals surface area contributed by atoms with Crippen molar-refractivity contribution in [2.45, 2.75) is 0 Å². The maximum atomic E-state index is 12.8. The molecule has 3 heteroatoms. The monoisotopic (exact) mass is 323 g/mol. The number of nitrogens with zero attached hydrogens (tertiary/aromatic N) is 1. The minimum atomic E-state index is -0.263. The third-order valence-corrected chi connectivity index (χ3v) is 4.72. The minimum absolute atomic E-state index is 0.263. The number of fused-ring (bicyclic) bond motifs is 3.